The third-order valence-corrected chi connectivity index (χ3v) is 4.89. The minimum absolute atomic E-state index is 0.236. The van der Waals surface area contributed by atoms with Crippen molar-refractivity contribution in [3.05, 3.63) is 12.2 Å². The summed E-state index contributed by atoms with van der Waals surface area (Å²) in [5.41, 5.74) is 0. The molecule has 0 radical (unpaired) electrons. The minimum atomic E-state index is -0.624. The summed E-state index contributed by atoms with van der Waals surface area (Å²) >= 11 is 0. The molecule has 0 fully saturated rings. The van der Waals surface area contributed by atoms with Gasteiger partial charge < -0.3 is 9.64 Å². The summed E-state index contributed by atoms with van der Waals surface area (Å²) < 4.78 is 4.99. The molecule has 0 spiro atoms. The summed E-state index contributed by atoms with van der Waals surface area (Å²) in [7, 11) is 3.94. The van der Waals surface area contributed by atoms with E-state index in [4.69, 9.17) is 4.74 Å². The number of alkyl carbamates (subject to hydrolysis) is 1. The van der Waals surface area contributed by atoms with Crippen LogP contribution in [-0.2, 0) is 9.53 Å². The minimum Gasteiger partial charge on any atom is -0.449 e. The number of unbranched alkanes of at least 4 members (excludes halogenated alkanes) is 11. The Bertz CT molecular complexity index is 422. The van der Waals surface area contributed by atoms with E-state index in [9.17, 15) is 9.59 Å². The first-order valence-electron chi connectivity index (χ1n) is 11.8. The summed E-state index contributed by atoms with van der Waals surface area (Å²) in [6, 6.07) is 0. The standard InChI is InChI=1S/C24H46N2O3/c1-4-5-6-7-8-9-10-11-12-13-14-15-16-17-18-20-23(27)25-24(28)29-22-19-21-26(2)3/h11-12H,4-10,13-22H2,1-3H3,(H,25,27,28)/b12-11-. The van der Waals surface area contributed by atoms with Gasteiger partial charge in [0, 0.05) is 13.0 Å². The molecule has 170 valence electrons. The third-order valence-electron chi connectivity index (χ3n) is 4.89. The van der Waals surface area contributed by atoms with E-state index >= 15 is 0 Å². The predicted molar refractivity (Wildman–Crippen MR) is 122 cm³/mol. The van der Waals surface area contributed by atoms with Crippen molar-refractivity contribution in [2.24, 2.45) is 0 Å². The fraction of sp³-hybridized carbons (Fsp3) is 0.833. The van der Waals surface area contributed by atoms with Gasteiger partial charge in [-0.25, -0.2) is 4.79 Å². The summed E-state index contributed by atoms with van der Waals surface area (Å²) in [5.74, 6) is -0.236. The van der Waals surface area contributed by atoms with Gasteiger partial charge in [0.15, 0.2) is 0 Å². The van der Waals surface area contributed by atoms with Crippen LogP contribution in [0.3, 0.4) is 0 Å². The van der Waals surface area contributed by atoms with Crippen molar-refractivity contribution in [2.75, 3.05) is 27.2 Å². The topological polar surface area (TPSA) is 58.6 Å². The molecule has 29 heavy (non-hydrogen) atoms. The maximum absolute atomic E-state index is 11.7. The summed E-state index contributed by atoms with van der Waals surface area (Å²) in [4.78, 5) is 25.2. The third kappa shape index (κ3) is 22.8. The molecule has 0 heterocycles. The van der Waals surface area contributed by atoms with Crippen LogP contribution in [0.4, 0.5) is 4.79 Å². The molecule has 0 aliphatic carbocycles. The van der Waals surface area contributed by atoms with E-state index in [1.807, 2.05) is 19.0 Å². The summed E-state index contributed by atoms with van der Waals surface area (Å²) in [6.07, 6.45) is 21.2. The lowest BCUT2D eigenvalue weighted by molar-refractivity contribution is -0.120. The lowest BCUT2D eigenvalue weighted by Gasteiger charge is -2.09. The molecule has 2 amide bonds. The van der Waals surface area contributed by atoms with Crippen LogP contribution in [-0.4, -0.2) is 44.1 Å². The van der Waals surface area contributed by atoms with Crippen molar-refractivity contribution in [2.45, 2.75) is 103 Å². The fourth-order valence-electron chi connectivity index (χ4n) is 3.11. The Kier molecular flexibility index (Phi) is 20.3. The van der Waals surface area contributed by atoms with Crippen LogP contribution in [0.5, 0.6) is 0 Å². The highest BCUT2D eigenvalue weighted by Crippen LogP contribution is 2.10. The van der Waals surface area contributed by atoms with E-state index in [0.717, 1.165) is 38.6 Å². The second kappa shape index (κ2) is 21.4. The second-order valence-electron chi connectivity index (χ2n) is 8.18. The number of imide groups is 1. The second-order valence-corrected chi connectivity index (χ2v) is 8.18. The number of hydrogen-bond donors (Lipinski definition) is 1. The zero-order valence-electron chi connectivity index (χ0n) is 19.3. The summed E-state index contributed by atoms with van der Waals surface area (Å²) in [5, 5.41) is 2.29. The van der Waals surface area contributed by atoms with Crippen molar-refractivity contribution < 1.29 is 14.3 Å². The number of carbonyl (C=O) groups is 2. The van der Waals surface area contributed by atoms with Crippen LogP contribution < -0.4 is 5.32 Å². The SMILES string of the molecule is CCCCCCCC/C=C\CCCCCCCC(=O)NC(=O)OCCCN(C)C. The maximum atomic E-state index is 11.7. The van der Waals surface area contributed by atoms with Gasteiger partial charge in [0.2, 0.25) is 5.91 Å². The first-order chi connectivity index (χ1) is 14.1. The van der Waals surface area contributed by atoms with Gasteiger partial charge in [0.1, 0.15) is 0 Å². The van der Waals surface area contributed by atoms with Gasteiger partial charge >= 0.3 is 6.09 Å². The first-order valence-corrected chi connectivity index (χ1v) is 11.8. The van der Waals surface area contributed by atoms with Crippen LogP contribution in [0, 0.1) is 0 Å². The van der Waals surface area contributed by atoms with Gasteiger partial charge in [-0.1, -0.05) is 70.4 Å². The van der Waals surface area contributed by atoms with Gasteiger partial charge in [-0.2, -0.15) is 0 Å². The quantitative estimate of drug-likeness (QED) is 0.203. The number of amides is 2. The molecule has 0 bridgehead atoms. The lowest BCUT2D eigenvalue weighted by Crippen LogP contribution is -2.31. The van der Waals surface area contributed by atoms with Crippen LogP contribution in [0.15, 0.2) is 12.2 Å². The molecule has 0 saturated carbocycles. The Hall–Kier alpha value is -1.36. The zero-order valence-corrected chi connectivity index (χ0v) is 19.3. The van der Waals surface area contributed by atoms with Crippen LogP contribution in [0.25, 0.3) is 0 Å². The average Bonchev–Trinajstić information content (AvgIpc) is 2.68. The van der Waals surface area contributed by atoms with Crippen molar-refractivity contribution >= 4 is 12.0 Å². The van der Waals surface area contributed by atoms with E-state index in [0.29, 0.717) is 13.0 Å². The zero-order chi connectivity index (χ0) is 21.6. The normalized spacial score (nSPS) is 11.3. The average molecular weight is 411 g/mol. The van der Waals surface area contributed by atoms with Gasteiger partial charge in [-0.3, -0.25) is 10.1 Å². The molecule has 5 heteroatoms. The first kappa shape index (κ1) is 27.6. The summed E-state index contributed by atoms with van der Waals surface area (Å²) in [6.45, 7) is 3.45. The number of nitrogens with zero attached hydrogens (tertiary/aromatic N) is 1. The number of carbonyl (C=O) groups excluding carboxylic acids is 2. The molecule has 0 aromatic carbocycles. The highest BCUT2D eigenvalue weighted by atomic mass is 16.5. The molecule has 0 aromatic rings. The van der Waals surface area contributed by atoms with Gasteiger partial charge in [-0.05, 0) is 52.6 Å². The van der Waals surface area contributed by atoms with E-state index in [1.165, 1.54) is 57.8 Å². The molecule has 0 saturated heterocycles. The Morgan fingerprint density at radius 1 is 0.793 bits per heavy atom. The highest BCUT2D eigenvalue weighted by molar-refractivity contribution is 5.91. The van der Waals surface area contributed by atoms with Crippen molar-refractivity contribution in [1.82, 2.24) is 10.2 Å². The molecule has 0 atom stereocenters. The molecular weight excluding hydrogens is 364 g/mol. The number of rotatable bonds is 19. The lowest BCUT2D eigenvalue weighted by atomic mass is 10.1. The van der Waals surface area contributed by atoms with Crippen molar-refractivity contribution in [3.63, 3.8) is 0 Å². The number of nitrogens with one attached hydrogen (secondary N) is 1. The monoisotopic (exact) mass is 410 g/mol. The van der Waals surface area contributed by atoms with Crippen LogP contribution >= 0.6 is 0 Å². The van der Waals surface area contributed by atoms with Gasteiger partial charge in [0.05, 0.1) is 6.61 Å². The molecular formula is C24H46N2O3. The largest absolute Gasteiger partial charge is 0.449 e. The van der Waals surface area contributed by atoms with Crippen molar-refractivity contribution in [1.29, 1.82) is 0 Å². The number of hydrogen-bond acceptors (Lipinski definition) is 4. The van der Waals surface area contributed by atoms with E-state index in [-0.39, 0.29) is 5.91 Å². The Morgan fingerprint density at radius 2 is 1.34 bits per heavy atom. The Labute approximate surface area is 179 Å². The Balaban J connectivity index is 3.35. The molecule has 0 aliphatic heterocycles. The fourth-order valence-corrected chi connectivity index (χ4v) is 3.11. The predicted octanol–water partition coefficient (Wildman–Crippen LogP) is 6.23. The molecule has 0 unspecified atom stereocenters. The highest BCUT2D eigenvalue weighted by Gasteiger charge is 2.08. The van der Waals surface area contributed by atoms with Gasteiger partial charge in [-0.15, -0.1) is 0 Å². The van der Waals surface area contributed by atoms with E-state index < -0.39 is 6.09 Å². The van der Waals surface area contributed by atoms with Crippen molar-refractivity contribution in [3.8, 4) is 0 Å². The molecule has 5 nitrogen and oxygen atoms in total. The molecule has 1 N–H and O–H groups in total. The number of ether oxygens (including phenoxy) is 1. The van der Waals surface area contributed by atoms with E-state index in [1.54, 1.807) is 0 Å². The maximum Gasteiger partial charge on any atom is 0.413 e. The Morgan fingerprint density at radius 3 is 1.93 bits per heavy atom. The van der Waals surface area contributed by atoms with Gasteiger partial charge in [0.25, 0.3) is 0 Å². The number of allylic oxidation sites excluding steroid dienone is 2. The molecule has 0 rings (SSSR count). The molecule has 0 aromatic heterocycles. The smallest absolute Gasteiger partial charge is 0.413 e. The van der Waals surface area contributed by atoms with E-state index in [2.05, 4.69) is 24.4 Å². The van der Waals surface area contributed by atoms with Crippen LogP contribution in [0.2, 0.25) is 0 Å². The molecule has 0 aliphatic rings. The van der Waals surface area contributed by atoms with Crippen LogP contribution in [0.1, 0.15) is 103 Å².